The zero-order valence-electron chi connectivity index (χ0n) is 15.7. The highest BCUT2D eigenvalue weighted by molar-refractivity contribution is 7.18. The van der Waals surface area contributed by atoms with Crippen LogP contribution in [-0.2, 0) is 4.79 Å². The largest absolute Gasteiger partial charge is 0.490 e. The highest BCUT2D eigenvalue weighted by atomic mass is 35.5. The summed E-state index contributed by atoms with van der Waals surface area (Å²) in [5, 5.41) is 0. The Labute approximate surface area is 169 Å². The fourth-order valence-electron chi connectivity index (χ4n) is 3.20. The van der Waals surface area contributed by atoms with Crippen LogP contribution in [0.1, 0.15) is 46.5 Å². The lowest BCUT2D eigenvalue weighted by Gasteiger charge is -2.32. The number of hydrogen-bond donors (Lipinski definition) is 0. The zero-order chi connectivity index (χ0) is 19.4. The fourth-order valence-corrected chi connectivity index (χ4v) is 4.21. The standard InChI is InChI=1S/C21H24ClNO3S/c1-14-3-4-15(2)18(13-14)26-16-9-11-23(12-10-16)21(25)8-5-17(24)19-6-7-20(22)27-19/h3-4,6-7,13,16H,5,8-12H2,1-2H3. The van der Waals surface area contributed by atoms with Crippen LogP contribution in [0.4, 0.5) is 0 Å². The average molecular weight is 406 g/mol. The van der Waals surface area contributed by atoms with E-state index in [0.29, 0.717) is 22.3 Å². The number of rotatable bonds is 6. The highest BCUT2D eigenvalue weighted by Crippen LogP contribution is 2.25. The Hall–Kier alpha value is -1.85. The second kappa shape index (κ2) is 8.89. The maximum atomic E-state index is 12.4. The van der Waals surface area contributed by atoms with Crippen molar-refractivity contribution < 1.29 is 14.3 Å². The number of benzene rings is 1. The van der Waals surface area contributed by atoms with Crippen molar-refractivity contribution in [2.45, 2.75) is 45.6 Å². The van der Waals surface area contributed by atoms with E-state index in [1.54, 1.807) is 12.1 Å². The number of hydrogen-bond acceptors (Lipinski definition) is 4. The normalized spacial score (nSPS) is 15.0. The summed E-state index contributed by atoms with van der Waals surface area (Å²) in [7, 11) is 0. The van der Waals surface area contributed by atoms with Crippen molar-refractivity contribution in [3.05, 3.63) is 50.7 Å². The van der Waals surface area contributed by atoms with Gasteiger partial charge in [-0.3, -0.25) is 9.59 Å². The van der Waals surface area contributed by atoms with Gasteiger partial charge in [0.1, 0.15) is 11.9 Å². The summed E-state index contributed by atoms with van der Waals surface area (Å²) in [5.74, 6) is 0.949. The van der Waals surface area contributed by atoms with E-state index < -0.39 is 0 Å². The third-order valence-electron chi connectivity index (χ3n) is 4.85. The molecule has 27 heavy (non-hydrogen) atoms. The first kappa shape index (κ1) is 19.9. The molecule has 1 fully saturated rings. The summed E-state index contributed by atoms with van der Waals surface area (Å²) in [6.07, 6.45) is 2.23. The van der Waals surface area contributed by atoms with Crippen molar-refractivity contribution in [2.24, 2.45) is 0 Å². The van der Waals surface area contributed by atoms with Crippen LogP contribution in [0.5, 0.6) is 5.75 Å². The van der Waals surface area contributed by atoms with Gasteiger partial charge in [-0.2, -0.15) is 0 Å². The SMILES string of the molecule is Cc1ccc(C)c(OC2CCN(C(=O)CCC(=O)c3ccc(Cl)s3)CC2)c1. The van der Waals surface area contributed by atoms with Crippen LogP contribution in [0.25, 0.3) is 0 Å². The predicted molar refractivity (Wildman–Crippen MR) is 109 cm³/mol. The summed E-state index contributed by atoms with van der Waals surface area (Å²) >= 11 is 7.12. The van der Waals surface area contributed by atoms with Gasteiger partial charge in [0.2, 0.25) is 5.91 Å². The van der Waals surface area contributed by atoms with E-state index in [2.05, 4.69) is 25.1 Å². The maximum absolute atomic E-state index is 12.4. The number of likely N-dealkylation sites (tertiary alicyclic amines) is 1. The molecule has 1 aliphatic rings. The van der Waals surface area contributed by atoms with Gasteiger partial charge in [0, 0.05) is 38.8 Å². The lowest BCUT2D eigenvalue weighted by atomic mass is 10.1. The lowest BCUT2D eigenvalue weighted by Crippen LogP contribution is -2.41. The van der Waals surface area contributed by atoms with E-state index in [1.165, 1.54) is 16.9 Å². The second-order valence-electron chi connectivity index (χ2n) is 6.99. The topological polar surface area (TPSA) is 46.6 Å². The van der Waals surface area contributed by atoms with Crippen LogP contribution in [0.2, 0.25) is 4.34 Å². The fraction of sp³-hybridized carbons (Fsp3) is 0.429. The number of Topliss-reactive ketones (excluding diaryl/α,β-unsaturated/α-hetero) is 1. The number of carbonyl (C=O) groups is 2. The minimum absolute atomic E-state index is 0.0200. The molecule has 0 atom stereocenters. The number of piperidine rings is 1. The van der Waals surface area contributed by atoms with E-state index in [0.717, 1.165) is 24.2 Å². The van der Waals surface area contributed by atoms with Crippen molar-refractivity contribution in [1.82, 2.24) is 4.90 Å². The number of ether oxygens (including phenoxy) is 1. The Morgan fingerprint density at radius 1 is 1.15 bits per heavy atom. The molecule has 1 aromatic heterocycles. The van der Waals surface area contributed by atoms with Crippen LogP contribution >= 0.6 is 22.9 Å². The molecular formula is C21H24ClNO3S. The molecule has 1 amide bonds. The van der Waals surface area contributed by atoms with Gasteiger partial charge in [0.05, 0.1) is 9.21 Å². The third-order valence-corrected chi connectivity index (χ3v) is 6.12. The number of amides is 1. The third kappa shape index (κ3) is 5.33. The van der Waals surface area contributed by atoms with Crippen molar-refractivity contribution in [2.75, 3.05) is 13.1 Å². The molecule has 144 valence electrons. The number of halogens is 1. The summed E-state index contributed by atoms with van der Waals surface area (Å²) in [4.78, 5) is 27.0. The first-order valence-electron chi connectivity index (χ1n) is 9.22. The van der Waals surface area contributed by atoms with Crippen molar-refractivity contribution in [1.29, 1.82) is 0 Å². The van der Waals surface area contributed by atoms with Gasteiger partial charge in [-0.1, -0.05) is 23.7 Å². The van der Waals surface area contributed by atoms with Gasteiger partial charge in [-0.05, 0) is 43.2 Å². The molecule has 3 rings (SSSR count). The number of nitrogens with zero attached hydrogens (tertiary/aromatic N) is 1. The van der Waals surface area contributed by atoms with E-state index >= 15 is 0 Å². The van der Waals surface area contributed by atoms with Crippen LogP contribution in [-0.4, -0.2) is 35.8 Å². The molecule has 1 aliphatic heterocycles. The number of thiophene rings is 1. The van der Waals surface area contributed by atoms with Gasteiger partial charge in [-0.25, -0.2) is 0 Å². The highest BCUT2D eigenvalue weighted by Gasteiger charge is 2.24. The molecule has 0 spiro atoms. The molecule has 0 bridgehead atoms. The first-order valence-corrected chi connectivity index (χ1v) is 10.4. The summed E-state index contributed by atoms with van der Waals surface area (Å²) in [5.41, 5.74) is 2.31. The summed E-state index contributed by atoms with van der Waals surface area (Å²) in [6, 6.07) is 9.64. The van der Waals surface area contributed by atoms with Gasteiger partial charge in [-0.15, -0.1) is 11.3 Å². The van der Waals surface area contributed by atoms with Gasteiger partial charge in [0.25, 0.3) is 0 Å². The van der Waals surface area contributed by atoms with Crippen LogP contribution in [0.3, 0.4) is 0 Å². The molecule has 2 aromatic rings. The Morgan fingerprint density at radius 3 is 2.56 bits per heavy atom. The van der Waals surface area contributed by atoms with Crippen molar-refractivity contribution in [3.8, 4) is 5.75 Å². The Kier molecular flexibility index (Phi) is 6.55. The van der Waals surface area contributed by atoms with E-state index in [4.69, 9.17) is 16.3 Å². The van der Waals surface area contributed by atoms with Gasteiger partial charge in [0.15, 0.2) is 5.78 Å². The maximum Gasteiger partial charge on any atom is 0.223 e. The molecular weight excluding hydrogens is 382 g/mol. The van der Waals surface area contributed by atoms with Gasteiger partial charge < -0.3 is 9.64 Å². The predicted octanol–water partition coefficient (Wildman–Crippen LogP) is 5.05. The molecule has 0 unspecified atom stereocenters. The average Bonchev–Trinajstić information content (AvgIpc) is 3.09. The van der Waals surface area contributed by atoms with E-state index in [-0.39, 0.29) is 30.6 Å². The summed E-state index contributed by atoms with van der Waals surface area (Å²) < 4.78 is 6.74. The molecule has 0 radical (unpaired) electrons. The summed E-state index contributed by atoms with van der Waals surface area (Å²) in [6.45, 7) is 5.45. The molecule has 6 heteroatoms. The van der Waals surface area contributed by atoms with Crippen LogP contribution in [0.15, 0.2) is 30.3 Å². The molecule has 4 nitrogen and oxygen atoms in total. The van der Waals surface area contributed by atoms with Crippen LogP contribution in [0, 0.1) is 13.8 Å². The number of ketones is 1. The van der Waals surface area contributed by atoms with Crippen molar-refractivity contribution >= 4 is 34.6 Å². The number of carbonyl (C=O) groups excluding carboxylic acids is 2. The van der Waals surface area contributed by atoms with E-state index in [9.17, 15) is 9.59 Å². The Balaban J connectivity index is 1.45. The second-order valence-corrected chi connectivity index (χ2v) is 8.71. The van der Waals surface area contributed by atoms with Crippen molar-refractivity contribution in [3.63, 3.8) is 0 Å². The molecule has 1 saturated heterocycles. The minimum atomic E-state index is -0.0200. The quantitative estimate of drug-likeness (QED) is 0.631. The Morgan fingerprint density at radius 2 is 1.89 bits per heavy atom. The smallest absolute Gasteiger partial charge is 0.223 e. The minimum Gasteiger partial charge on any atom is -0.490 e. The lowest BCUT2D eigenvalue weighted by molar-refractivity contribution is -0.132. The van der Waals surface area contributed by atoms with Gasteiger partial charge >= 0.3 is 0 Å². The first-order chi connectivity index (χ1) is 12.9. The monoisotopic (exact) mass is 405 g/mol. The van der Waals surface area contributed by atoms with E-state index in [1.807, 2.05) is 11.8 Å². The molecule has 0 aliphatic carbocycles. The number of aryl methyl sites for hydroxylation is 2. The zero-order valence-corrected chi connectivity index (χ0v) is 17.2. The Bertz CT molecular complexity index is 825. The van der Waals surface area contributed by atoms with Crippen LogP contribution < -0.4 is 4.74 Å². The molecule has 1 aromatic carbocycles. The molecule has 0 N–H and O–H groups in total. The molecule has 0 saturated carbocycles. The molecule has 2 heterocycles.